The smallest absolute Gasteiger partial charge is 0.267 e. The maximum atomic E-state index is 12.6. The van der Waals surface area contributed by atoms with Crippen LogP contribution in [0.1, 0.15) is 23.2 Å². The topological polar surface area (TPSA) is 45.9 Å². The molecule has 0 unspecified atom stereocenters. The molecule has 1 rings (SSSR count). The molecule has 1 aromatic heterocycles. The van der Waals surface area contributed by atoms with Crippen molar-refractivity contribution < 1.29 is 13.5 Å². The molecular formula is C9H8F2N2O. The zero-order valence-corrected chi connectivity index (χ0v) is 7.71. The molecule has 1 aromatic rings. The number of halogens is 2. The van der Waals surface area contributed by atoms with Gasteiger partial charge in [0.1, 0.15) is 6.07 Å². The van der Waals surface area contributed by atoms with Gasteiger partial charge in [0.15, 0.2) is 11.4 Å². The fourth-order valence-corrected chi connectivity index (χ4v) is 1.15. The lowest BCUT2D eigenvalue weighted by molar-refractivity contribution is 0.146. The first kappa shape index (κ1) is 10.4. The summed E-state index contributed by atoms with van der Waals surface area (Å²) in [4.78, 5) is 3.69. The standard InChI is InChI=1S/C9H8F2N2O/c1-5-4-13-6(3-12)8(14-2)7(5)9(10)11/h4,9H,1-2H3. The highest BCUT2D eigenvalue weighted by Crippen LogP contribution is 2.33. The van der Waals surface area contributed by atoms with Gasteiger partial charge < -0.3 is 4.74 Å². The van der Waals surface area contributed by atoms with E-state index >= 15 is 0 Å². The first-order valence-corrected chi connectivity index (χ1v) is 3.83. The van der Waals surface area contributed by atoms with E-state index in [0.29, 0.717) is 5.56 Å². The number of alkyl halides is 2. The molecule has 0 radical (unpaired) electrons. The van der Waals surface area contributed by atoms with Gasteiger partial charge in [0.25, 0.3) is 6.43 Å². The summed E-state index contributed by atoms with van der Waals surface area (Å²) in [5, 5.41) is 8.61. The molecule has 0 atom stereocenters. The first-order valence-electron chi connectivity index (χ1n) is 3.83. The molecule has 0 saturated carbocycles. The van der Waals surface area contributed by atoms with Crippen molar-refractivity contribution in [1.29, 1.82) is 5.26 Å². The zero-order chi connectivity index (χ0) is 10.7. The first-order chi connectivity index (χ1) is 6.61. The highest BCUT2D eigenvalue weighted by Gasteiger charge is 2.20. The molecule has 0 aliphatic rings. The maximum Gasteiger partial charge on any atom is 0.267 e. The maximum absolute atomic E-state index is 12.6. The van der Waals surface area contributed by atoms with Crippen LogP contribution in [-0.4, -0.2) is 12.1 Å². The Morgan fingerprint density at radius 1 is 1.57 bits per heavy atom. The predicted octanol–water partition coefficient (Wildman–Crippen LogP) is 2.21. The predicted molar refractivity (Wildman–Crippen MR) is 45.2 cm³/mol. The molecule has 1 heterocycles. The van der Waals surface area contributed by atoms with Crippen molar-refractivity contribution >= 4 is 0 Å². The van der Waals surface area contributed by atoms with Crippen molar-refractivity contribution in [2.24, 2.45) is 0 Å². The number of methoxy groups -OCH3 is 1. The normalized spacial score (nSPS) is 10.0. The summed E-state index contributed by atoms with van der Waals surface area (Å²) in [7, 11) is 1.24. The highest BCUT2D eigenvalue weighted by atomic mass is 19.3. The van der Waals surface area contributed by atoms with Crippen LogP contribution in [0.4, 0.5) is 8.78 Å². The fourth-order valence-electron chi connectivity index (χ4n) is 1.15. The molecule has 14 heavy (non-hydrogen) atoms. The van der Waals surface area contributed by atoms with E-state index in [1.165, 1.54) is 20.2 Å². The molecule has 0 aliphatic carbocycles. The van der Waals surface area contributed by atoms with Crippen molar-refractivity contribution in [1.82, 2.24) is 4.98 Å². The van der Waals surface area contributed by atoms with Crippen molar-refractivity contribution in [3.05, 3.63) is 23.0 Å². The van der Waals surface area contributed by atoms with E-state index in [0.717, 1.165) is 0 Å². The number of pyridine rings is 1. The number of aromatic nitrogens is 1. The second-order valence-corrected chi connectivity index (χ2v) is 2.65. The van der Waals surface area contributed by atoms with E-state index in [1.54, 1.807) is 6.07 Å². The molecule has 0 aliphatic heterocycles. The summed E-state index contributed by atoms with van der Waals surface area (Å²) in [5.41, 5.74) is -0.0664. The minimum absolute atomic E-state index is 0.117. The molecule has 0 aromatic carbocycles. The number of rotatable bonds is 2. The molecule has 0 bridgehead atoms. The number of ether oxygens (including phenoxy) is 1. The lowest BCUT2D eigenvalue weighted by Gasteiger charge is -2.10. The number of aryl methyl sites for hydroxylation is 1. The Hall–Kier alpha value is -1.70. The second kappa shape index (κ2) is 4.01. The summed E-state index contributed by atoms with van der Waals surface area (Å²) >= 11 is 0. The molecule has 0 saturated heterocycles. The molecule has 0 amide bonds. The summed E-state index contributed by atoms with van der Waals surface area (Å²) in [6.07, 6.45) is -1.43. The van der Waals surface area contributed by atoms with E-state index in [-0.39, 0.29) is 17.0 Å². The van der Waals surface area contributed by atoms with Crippen LogP contribution in [0.5, 0.6) is 5.75 Å². The molecule has 0 spiro atoms. The largest absolute Gasteiger partial charge is 0.493 e. The molecule has 74 valence electrons. The Balaban J connectivity index is 3.45. The monoisotopic (exact) mass is 198 g/mol. The molecule has 0 N–H and O–H groups in total. The van der Waals surface area contributed by atoms with Crippen molar-refractivity contribution in [2.45, 2.75) is 13.3 Å². The van der Waals surface area contributed by atoms with E-state index in [9.17, 15) is 8.78 Å². The Labute approximate surface area is 79.9 Å². The third-order valence-corrected chi connectivity index (χ3v) is 1.80. The number of nitrogens with zero attached hydrogens (tertiary/aromatic N) is 2. The third kappa shape index (κ3) is 1.64. The van der Waals surface area contributed by atoms with E-state index < -0.39 is 6.43 Å². The van der Waals surface area contributed by atoms with Crippen LogP contribution >= 0.6 is 0 Å². The van der Waals surface area contributed by atoms with Gasteiger partial charge in [-0.15, -0.1) is 0 Å². The minimum atomic E-state index is -2.67. The Morgan fingerprint density at radius 2 is 2.21 bits per heavy atom. The molecule has 0 fully saturated rings. The van der Waals surface area contributed by atoms with Crippen molar-refractivity contribution in [2.75, 3.05) is 7.11 Å². The number of hydrogen-bond donors (Lipinski definition) is 0. The molecule has 5 heteroatoms. The van der Waals surface area contributed by atoms with Gasteiger partial charge in [-0.05, 0) is 12.5 Å². The number of hydrogen-bond acceptors (Lipinski definition) is 3. The van der Waals surface area contributed by atoms with Gasteiger partial charge in [0.05, 0.1) is 12.7 Å². The van der Waals surface area contributed by atoms with Gasteiger partial charge in [-0.3, -0.25) is 0 Å². The number of nitriles is 1. The molecule has 3 nitrogen and oxygen atoms in total. The summed E-state index contributed by atoms with van der Waals surface area (Å²) in [6.45, 7) is 1.50. The third-order valence-electron chi connectivity index (χ3n) is 1.80. The van der Waals surface area contributed by atoms with E-state index in [4.69, 9.17) is 10.00 Å². The van der Waals surface area contributed by atoms with E-state index in [1.807, 2.05) is 0 Å². The van der Waals surface area contributed by atoms with E-state index in [2.05, 4.69) is 4.98 Å². The van der Waals surface area contributed by atoms with Gasteiger partial charge in [0, 0.05) is 6.20 Å². The molecular weight excluding hydrogens is 190 g/mol. The Morgan fingerprint density at radius 3 is 2.64 bits per heavy atom. The summed E-state index contributed by atoms with van der Waals surface area (Å²) < 4.78 is 29.9. The van der Waals surface area contributed by atoms with Crippen LogP contribution < -0.4 is 4.74 Å². The lowest BCUT2D eigenvalue weighted by atomic mass is 10.1. The fraction of sp³-hybridized carbons (Fsp3) is 0.333. The van der Waals surface area contributed by atoms with Gasteiger partial charge in [-0.1, -0.05) is 0 Å². The van der Waals surface area contributed by atoms with Crippen LogP contribution in [0, 0.1) is 18.3 Å². The van der Waals surface area contributed by atoms with Crippen LogP contribution in [0.3, 0.4) is 0 Å². The van der Waals surface area contributed by atoms with Gasteiger partial charge >= 0.3 is 0 Å². The summed E-state index contributed by atoms with van der Waals surface area (Å²) in [6, 6.07) is 1.70. The lowest BCUT2D eigenvalue weighted by Crippen LogP contribution is -2.00. The van der Waals surface area contributed by atoms with Crippen LogP contribution in [0.2, 0.25) is 0 Å². The van der Waals surface area contributed by atoms with Crippen LogP contribution in [-0.2, 0) is 0 Å². The summed E-state index contributed by atoms with van der Waals surface area (Å²) in [5.74, 6) is -0.137. The second-order valence-electron chi connectivity index (χ2n) is 2.65. The minimum Gasteiger partial charge on any atom is -0.493 e. The van der Waals surface area contributed by atoms with Crippen LogP contribution in [0.15, 0.2) is 6.20 Å². The Bertz CT molecular complexity index is 385. The Kier molecular flexibility index (Phi) is 2.97. The van der Waals surface area contributed by atoms with Crippen molar-refractivity contribution in [3.63, 3.8) is 0 Å². The van der Waals surface area contributed by atoms with Crippen molar-refractivity contribution in [3.8, 4) is 11.8 Å². The highest BCUT2D eigenvalue weighted by molar-refractivity contribution is 5.47. The quantitative estimate of drug-likeness (QED) is 0.731. The van der Waals surface area contributed by atoms with Gasteiger partial charge in [0.2, 0.25) is 0 Å². The SMILES string of the molecule is COc1c(C#N)ncc(C)c1C(F)F. The average Bonchev–Trinajstić information content (AvgIpc) is 2.16. The zero-order valence-electron chi connectivity index (χ0n) is 7.71. The van der Waals surface area contributed by atoms with Gasteiger partial charge in [-0.2, -0.15) is 5.26 Å². The van der Waals surface area contributed by atoms with Crippen LogP contribution in [0.25, 0.3) is 0 Å². The van der Waals surface area contributed by atoms with Gasteiger partial charge in [-0.25, -0.2) is 13.8 Å². The average molecular weight is 198 g/mol.